The zero-order chi connectivity index (χ0) is 39.8. The van der Waals surface area contributed by atoms with E-state index in [0.717, 1.165) is 162 Å². The summed E-state index contributed by atoms with van der Waals surface area (Å²) in [6, 6.07) is 16.0. The van der Waals surface area contributed by atoms with E-state index in [1.54, 1.807) is 21.6 Å². The molecule has 310 valence electrons. The van der Waals surface area contributed by atoms with Gasteiger partial charge in [-0.2, -0.15) is 0 Å². The monoisotopic (exact) mass is 822 g/mol. The normalized spacial score (nSPS) is 13.5. The Bertz CT molecular complexity index is 1160. The zero-order valence-corrected chi connectivity index (χ0v) is 39.4. The van der Waals surface area contributed by atoms with E-state index in [0.29, 0.717) is 11.1 Å². The third-order valence-corrected chi connectivity index (χ3v) is 27.1. The SMILES string of the molecule is CCCCP(CCCC)(CCCC)(CCCC)OC(=O)c1ccc(SSc2ccc(C(=O)OP(CCCC)(CCCC)(CCCC)CCCC)cc2)cc1. The maximum atomic E-state index is 14.0. The van der Waals surface area contributed by atoms with Crippen molar-refractivity contribution in [2.45, 2.75) is 168 Å². The van der Waals surface area contributed by atoms with E-state index in [1.807, 2.05) is 48.5 Å². The average molecular weight is 823 g/mol. The molecule has 0 radical (unpaired) electrons. The summed E-state index contributed by atoms with van der Waals surface area (Å²) in [6.45, 7) is 12.7. The van der Waals surface area contributed by atoms with Gasteiger partial charge in [-0.1, -0.05) is 0 Å². The number of hydrogen-bond donors (Lipinski definition) is 0. The number of benzene rings is 2. The van der Waals surface area contributed by atoms with Gasteiger partial charge in [0.25, 0.3) is 0 Å². The molecule has 0 aromatic heterocycles. The number of hydrogen-bond acceptors (Lipinski definition) is 6. The Hall–Kier alpha value is -1.06. The van der Waals surface area contributed by atoms with Crippen LogP contribution in [0.3, 0.4) is 0 Å². The molecule has 0 heterocycles. The molecule has 0 aliphatic carbocycles. The average Bonchev–Trinajstić information content (AvgIpc) is 3.20. The van der Waals surface area contributed by atoms with Gasteiger partial charge in [0.2, 0.25) is 0 Å². The van der Waals surface area contributed by atoms with Gasteiger partial charge in [-0.25, -0.2) is 0 Å². The molecule has 0 aliphatic rings. The van der Waals surface area contributed by atoms with Gasteiger partial charge < -0.3 is 0 Å². The second kappa shape index (κ2) is 25.3. The minimum atomic E-state index is -2.70. The standard InChI is InChI=1S/C46H80O4P2S2/c1-9-17-33-51(34-18-10-2,35-19-11-3,36-20-12-4)49-45(47)41-25-29-43(30-26-41)53-54-44-31-27-42(28-32-44)46(48)50-52(37-21-13-5,38-22-14-6,39-23-15-7)40-24-16-8/h25-32H,9-24,33-40H2,1-8H3. The molecule has 0 N–H and O–H groups in total. The summed E-state index contributed by atoms with van der Waals surface area (Å²) < 4.78 is 14.0. The van der Waals surface area contributed by atoms with E-state index in [-0.39, 0.29) is 11.9 Å². The fourth-order valence-electron chi connectivity index (χ4n) is 8.14. The molecular formula is C46H80O4P2S2. The van der Waals surface area contributed by atoms with E-state index in [9.17, 15) is 9.59 Å². The Morgan fingerprint density at radius 1 is 0.389 bits per heavy atom. The van der Waals surface area contributed by atoms with Crippen LogP contribution in [0.25, 0.3) is 0 Å². The van der Waals surface area contributed by atoms with Crippen molar-refractivity contribution >= 4 is 47.2 Å². The Balaban J connectivity index is 2.23. The number of carbonyl (C=O) groups is 2. The van der Waals surface area contributed by atoms with Gasteiger partial charge in [-0.3, -0.25) is 0 Å². The molecule has 0 bridgehead atoms. The van der Waals surface area contributed by atoms with Crippen LogP contribution in [0.1, 0.15) is 179 Å². The number of carbonyl (C=O) groups excluding carboxylic acids is 2. The van der Waals surface area contributed by atoms with E-state index in [2.05, 4.69) is 55.4 Å². The van der Waals surface area contributed by atoms with Gasteiger partial charge in [0.05, 0.1) is 0 Å². The van der Waals surface area contributed by atoms with Crippen molar-refractivity contribution in [1.82, 2.24) is 0 Å². The number of rotatable bonds is 31. The molecule has 54 heavy (non-hydrogen) atoms. The first kappa shape index (κ1) is 49.1. The molecule has 0 saturated heterocycles. The Labute approximate surface area is 341 Å². The van der Waals surface area contributed by atoms with Gasteiger partial charge in [0.15, 0.2) is 0 Å². The van der Waals surface area contributed by atoms with Crippen LogP contribution in [-0.2, 0) is 9.05 Å². The van der Waals surface area contributed by atoms with Crippen LogP contribution < -0.4 is 0 Å². The molecule has 0 fully saturated rings. The summed E-state index contributed by atoms with van der Waals surface area (Å²) in [4.78, 5) is 30.1. The van der Waals surface area contributed by atoms with Gasteiger partial charge in [0.1, 0.15) is 0 Å². The molecule has 2 aromatic rings. The molecule has 0 aliphatic heterocycles. The number of unbranched alkanes of at least 4 members (excludes halogenated alkanes) is 8. The second-order valence-corrected chi connectivity index (χ2v) is 30.0. The van der Waals surface area contributed by atoms with Crippen LogP contribution in [-0.4, -0.2) is 61.2 Å². The Morgan fingerprint density at radius 2 is 0.593 bits per heavy atom. The summed E-state index contributed by atoms with van der Waals surface area (Å²) in [7, 11) is 3.35. The summed E-state index contributed by atoms with van der Waals surface area (Å²) in [5.41, 5.74) is 1.32. The van der Waals surface area contributed by atoms with Crippen molar-refractivity contribution in [3.8, 4) is 0 Å². The molecule has 2 aromatic carbocycles. The first-order chi connectivity index (χ1) is 26.0. The molecule has 4 nitrogen and oxygen atoms in total. The molecule has 2 rings (SSSR count). The van der Waals surface area contributed by atoms with Crippen molar-refractivity contribution in [2.75, 3.05) is 49.3 Å². The van der Waals surface area contributed by atoms with Crippen LogP contribution >= 0.6 is 35.2 Å². The second-order valence-electron chi connectivity index (χ2n) is 16.3. The zero-order valence-electron chi connectivity index (χ0n) is 35.9. The van der Waals surface area contributed by atoms with Crippen LogP contribution in [0.15, 0.2) is 58.3 Å². The van der Waals surface area contributed by atoms with E-state index in [4.69, 9.17) is 9.05 Å². The fraction of sp³-hybridized carbons (Fsp3) is 0.696. The van der Waals surface area contributed by atoms with Gasteiger partial charge in [-0.05, 0) is 0 Å². The van der Waals surface area contributed by atoms with E-state index < -0.39 is 13.7 Å². The minimum absolute atomic E-state index is 0.124. The summed E-state index contributed by atoms with van der Waals surface area (Å²) in [6.07, 6.45) is 26.8. The maximum absolute atomic E-state index is 14.0. The van der Waals surface area contributed by atoms with E-state index >= 15 is 0 Å². The quantitative estimate of drug-likeness (QED) is 0.0558. The van der Waals surface area contributed by atoms with Crippen LogP contribution in [0.2, 0.25) is 0 Å². The Kier molecular flexibility index (Phi) is 23.0. The summed E-state index contributed by atoms with van der Waals surface area (Å²) in [5, 5.41) is 0. The van der Waals surface area contributed by atoms with Crippen LogP contribution in [0.4, 0.5) is 0 Å². The van der Waals surface area contributed by atoms with Crippen molar-refractivity contribution in [3.05, 3.63) is 59.7 Å². The predicted molar refractivity (Wildman–Crippen MR) is 247 cm³/mol. The molecule has 0 spiro atoms. The Morgan fingerprint density at radius 3 is 0.778 bits per heavy atom. The van der Waals surface area contributed by atoms with Gasteiger partial charge in [-0.15, -0.1) is 0 Å². The van der Waals surface area contributed by atoms with Crippen LogP contribution in [0, 0.1) is 0 Å². The van der Waals surface area contributed by atoms with Gasteiger partial charge in [0, 0.05) is 0 Å². The summed E-state index contributed by atoms with van der Waals surface area (Å²) >= 11 is 0. The van der Waals surface area contributed by atoms with Crippen molar-refractivity contribution < 1.29 is 18.6 Å². The van der Waals surface area contributed by atoms with Crippen molar-refractivity contribution in [1.29, 1.82) is 0 Å². The van der Waals surface area contributed by atoms with E-state index in [1.165, 1.54) is 0 Å². The molecule has 0 amide bonds. The molecule has 0 atom stereocenters. The molecular weight excluding hydrogens is 743 g/mol. The predicted octanol–water partition coefficient (Wildman–Crippen LogP) is 16.1. The topological polar surface area (TPSA) is 52.6 Å². The third-order valence-electron chi connectivity index (χ3n) is 11.7. The molecule has 8 heteroatoms. The van der Waals surface area contributed by atoms with Crippen LogP contribution in [0.5, 0.6) is 0 Å². The fourth-order valence-corrected chi connectivity index (χ4v) is 23.6. The van der Waals surface area contributed by atoms with Crippen molar-refractivity contribution in [3.63, 3.8) is 0 Å². The third kappa shape index (κ3) is 15.0. The summed E-state index contributed by atoms with van der Waals surface area (Å²) in [5.74, 6) is -0.248. The van der Waals surface area contributed by atoms with Crippen molar-refractivity contribution in [2.24, 2.45) is 0 Å². The first-order valence-electron chi connectivity index (χ1n) is 22.1. The van der Waals surface area contributed by atoms with Gasteiger partial charge >= 0.3 is 343 Å². The molecule has 0 saturated carbocycles. The first-order valence-corrected chi connectivity index (χ1v) is 30.0. The molecule has 0 unspecified atom stereocenters.